The Hall–Kier alpha value is -1.62. The second-order valence-corrected chi connectivity index (χ2v) is 4.23. The van der Waals surface area contributed by atoms with E-state index in [-0.39, 0.29) is 0 Å². The Morgan fingerprint density at radius 2 is 1.71 bits per heavy atom. The molecule has 5 heteroatoms. The van der Waals surface area contributed by atoms with Crippen molar-refractivity contribution in [3.8, 4) is 0 Å². The van der Waals surface area contributed by atoms with Gasteiger partial charge in [0.05, 0.1) is 16.0 Å². The van der Waals surface area contributed by atoms with Gasteiger partial charge in [-0.1, -0.05) is 0 Å². The van der Waals surface area contributed by atoms with Crippen LogP contribution in [-0.2, 0) is 14.1 Å². The molecule has 17 heavy (non-hydrogen) atoms. The molecule has 2 heterocycles. The highest BCUT2D eigenvalue weighted by atomic mass is 79.9. The lowest BCUT2D eigenvalue weighted by Crippen LogP contribution is -1.92. The molecule has 0 amide bonds. The average Bonchev–Trinajstić information content (AvgIpc) is 2.88. The predicted octanol–water partition coefficient (Wildman–Crippen LogP) is 2.44. The first-order valence-corrected chi connectivity index (χ1v) is 5.72. The largest absolute Gasteiger partial charge is 0.348 e. The summed E-state index contributed by atoms with van der Waals surface area (Å²) in [5.41, 5.74) is 1.40. The number of hydrogen-bond donors (Lipinski definition) is 0. The summed E-state index contributed by atoms with van der Waals surface area (Å²) in [4.78, 5) is 20.3. The van der Waals surface area contributed by atoms with Gasteiger partial charge in [-0.2, -0.15) is 0 Å². The van der Waals surface area contributed by atoms with E-state index in [2.05, 4.69) is 15.9 Å². The highest BCUT2D eigenvalue weighted by Crippen LogP contribution is 2.11. The van der Waals surface area contributed by atoms with Crippen LogP contribution >= 0.6 is 15.9 Å². The molecular formula is C12H13BrN2O2. The van der Waals surface area contributed by atoms with E-state index in [4.69, 9.17) is 0 Å². The molecule has 0 aliphatic carbocycles. The van der Waals surface area contributed by atoms with Crippen LogP contribution in [0.4, 0.5) is 0 Å². The van der Waals surface area contributed by atoms with Crippen LogP contribution in [0.2, 0.25) is 0 Å². The molecule has 0 spiro atoms. The molecule has 0 saturated carbocycles. The third kappa shape index (κ3) is 3.42. The van der Waals surface area contributed by atoms with Crippen molar-refractivity contribution in [1.29, 1.82) is 0 Å². The minimum absolute atomic E-state index is 0.682. The standard InChI is InChI=1S/C6H6BrNO.C6H7NO/c1-8-5(4-9)2-3-6(8)7;1-7-4-2-3-6(7)5-8/h2-4H,1H3;2-5H,1H3. The molecule has 0 unspecified atom stereocenters. The number of carbonyl (C=O) groups excluding carboxylic acids is 2. The summed E-state index contributed by atoms with van der Waals surface area (Å²) in [7, 11) is 3.66. The molecule has 2 rings (SSSR count). The normalized spacial score (nSPS) is 9.35. The van der Waals surface area contributed by atoms with E-state index in [1.807, 2.05) is 32.4 Å². The summed E-state index contributed by atoms with van der Waals surface area (Å²) in [5.74, 6) is 0. The Kier molecular flexibility index (Phi) is 4.90. The number of carbonyl (C=O) groups is 2. The number of aromatic nitrogens is 2. The topological polar surface area (TPSA) is 44.0 Å². The maximum atomic E-state index is 10.2. The lowest BCUT2D eigenvalue weighted by molar-refractivity contribution is 0.110. The number of halogens is 1. The summed E-state index contributed by atoms with van der Waals surface area (Å²) < 4.78 is 4.46. The van der Waals surface area contributed by atoms with Crippen LogP contribution in [0, 0.1) is 0 Å². The first kappa shape index (κ1) is 13.4. The van der Waals surface area contributed by atoms with Gasteiger partial charge in [-0.05, 0) is 40.2 Å². The van der Waals surface area contributed by atoms with Crippen molar-refractivity contribution in [2.75, 3.05) is 0 Å². The third-order valence-corrected chi connectivity index (χ3v) is 3.12. The number of rotatable bonds is 2. The highest BCUT2D eigenvalue weighted by molar-refractivity contribution is 9.10. The van der Waals surface area contributed by atoms with Crippen LogP contribution in [0.15, 0.2) is 35.1 Å². The Morgan fingerprint density at radius 3 is 1.94 bits per heavy atom. The highest BCUT2D eigenvalue weighted by Gasteiger charge is 1.97. The molecule has 0 aromatic carbocycles. The first-order valence-electron chi connectivity index (χ1n) is 4.93. The molecule has 90 valence electrons. The van der Waals surface area contributed by atoms with Crippen LogP contribution in [-0.4, -0.2) is 21.7 Å². The predicted molar refractivity (Wildman–Crippen MR) is 69.3 cm³/mol. The fourth-order valence-electron chi connectivity index (χ4n) is 1.22. The monoisotopic (exact) mass is 296 g/mol. The smallest absolute Gasteiger partial charge is 0.166 e. The van der Waals surface area contributed by atoms with Gasteiger partial charge in [0.25, 0.3) is 0 Å². The van der Waals surface area contributed by atoms with Gasteiger partial charge in [0.15, 0.2) is 12.6 Å². The second kappa shape index (κ2) is 6.20. The fraction of sp³-hybridized carbons (Fsp3) is 0.167. The van der Waals surface area contributed by atoms with Crippen molar-refractivity contribution >= 4 is 28.5 Å². The molecule has 0 N–H and O–H groups in total. The van der Waals surface area contributed by atoms with Gasteiger partial charge < -0.3 is 9.13 Å². The van der Waals surface area contributed by atoms with Crippen LogP contribution in [0.5, 0.6) is 0 Å². The Morgan fingerprint density at radius 1 is 1.06 bits per heavy atom. The molecule has 0 atom stereocenters. The van der Waals surface area contributed by atoms with Crippen molar-refractivity contribution in [2.45, 2.75) is 0 Å². The second-order valence-electron chi connectivity index (χ2n) is 3.42. The van der Waals surface area contributed by atoms with E-state index >= 15 is 0 Å². The zero-order chi connectivity index (χ0) is 12.8. The van der Waals surface area contributed by atoms with Crippen LogP contribution < -0.4 is 0 Å². The summed E-state index contributed by atoms with van der Waals surface area (Å²) in [6.07, 6.45) is 3.49. The zero-order valence-corrected chi connectivity index (χ0v) is 11.2. The van der Waals surface area contributed by atoms with E-state index in [1.54, 1.807) is 21.3 Å². The molecule has 0 radical (unpaired) electrons. The van der Waals surface area contributed by atoms with Gasteiger partial charge >= 0.3 is 0 Å². The third-order valence-electron chi connectivity index (χ3n) is 2.32. The zero-order valence-electron chi connectivity index (χ0n) is 9.63. The maximum absolute atomic E-state index is 10.2. The molecule has 0 saturated heterocycles. The summed E-state index contributed by atoms with van der Waals surface area (Å²) in [5, 5.41) is 0. The first-order chi connectivity index (χ1) is 8.10. The van der Waals surface area contributed by atoms with E-state index in [9.17, 15) is 9.59 Å². The van der Waals surface area contributed by atoms with Gasteiger partial charge in [-0.25, -0.2) is 0 Å². The summed E-state index contributed by atoms with van der Waals surface area (Å²) >= 11 is 3.26. The molecule has 2 aromatic rings. The average molecular weight is 297 g/mol. The van der Waals surface area contributed by atoms with Crippen LogP contribution in [0.3, 0.4) is 0 Å². The quantitative estimate of drug-likeness (QED) is 0.799. The minimum Gasteiger partial charge on any atom is -0.348 e. The Balaban J connectivity index is 0.000000171. The van der Waals surface area contributed by atoms with E-state index in [0.717, 1.165) is 17.2 Å². The lowest BCUT2D eigenvalue weighted by Gasteiger charge is -1.93. The Labute approximate surface area is 108 Å². The lowest BCUT2D eigenvalue weighted by atomic mass is 10.5. The van der Waals surface area contributed by atoms with Crippen molar-refractivity contribution in [1.82, 2.24) is 9.13 Å². The van der Waals surface area contributed by atoms with Gasteiger partial charge in [0.1, 0.15) is 0 Å². The van der Waals surface area contributed by atoms with E-state index in [0.29, 0.717) is 11.4 Å². The van der Waals surface area contributed by atoms with Gasteiger partial charge in [-0.3, -0.25) is 9.59 Å². The van der Waals surface area contributed by atoms with Crippen molar-refractivity contribution in [3.63, 3.8) is 0 Å². The molecule has 0 bridgehead atoms. The molecular weight excluding hydrogens is 284 g/mol. The minimum atomic E-state index is 0.682. The van der Waals surface area contributed by atoms with Gasteiger partial charge in [0, 0.05) is 20.3 Å². The molecule has 2 aromatic heterocycles. The number of aryl methyl sites for hydroxylation is 1. The van der Waals surface area contributed by atoms with Crippen LogP contribution in [0.1, 0.15) is 21.0 Å². The van der Waals surface area contributed by atoms with Crippen molar-refractivity contribution in [3.05, 3.63) is 46.5 Å². The SMILES string of the molecule is Cn1c(Br)ccc1C=O.Cn1cccc1C=O. The number of aldehydes is 2. The molecule has 0 aliphatic rings. The van der Waals surface area contributed by atoms with Gasteiger partial charge in [0.2, 0.25) is 0 Å². The van der Waals surface area contributed by atoms with Gasteiger partial charge in [-0.15, -0.1) is 0 Å². The Bertz CT molecular complexity index is 514. The fourth-order valence-corrected chi connectivity index (χ4v) is 1.55. The van der Waals surface area contributed by atoms with Crippen molar-refractivity contribution in [2.24, 2.45) is 14.1 Å². The molecule has 0 fully saturated rings. The maximum Gasteiger partial charge on any atom is 0.166 e. The van der Waals surface area contributed by atoms with E-state index in [1.165, 1.54) is 0 Å². The molecule has 0 aliphatic heterocycles. The number of nitrogens with zero attached hydrogens (tertiary/aromatic N) is 2. The summed E-state index contributed by atoms with van der Waals surface area (Å²) in [6.45, 7) is 0. The molecule has 4 nitrogen and oxygen atoms in total. The van der Waals surface area contributed by atoms with E-state index < -0.39 is 0 Å². The van der Waals surface area contributed by atoms with Crippen molar-refractivity contribution < 1.29 is 9.59 Å². The van der Waals surface area contributed by atoms with Crippen LogP contribution in [0.25, 0.3) is 0 Å². The number of hydrogen-bond acceptors (Lipinski definition) is 2. The summed E-state index contributed by atoms with van der Waals surface area (Å²) in [6, 6.07) is 7.21.